The summed E-state index contributed by atoms with van der Waals surface area (Å²) in [5.74, 6) is -1.80. The van der Waals surface area contributed by atoms with Crippen LogP contribution in [0.1, 0.15) is 23.2 Å². The van der Waals surface area contributed by atoms with Crippen molar-refractivity contribution in [1.29, 1.82) is 0 Å². The Morgan fingerprint density at radius 1 is 1.44 bits per heavy atom. The second-order valence-corrected chi connectivity index (χ2v) is 4.41. The minimum Gasteiger partial charge on any atom is -0.480 e. The number of halogens is 1. The van der Waals surface area contributed by atoms with E-state index in [2.05, 4.69) is 4.98 Å². The lowest BCUT2D eigenvalue weighted by molar-refractivity contribution is -0.137. The van der Waals surface area contributed by atoms with Gasteiger partial charge in [-0.2, -0.15) is 0 Å². The summed E-state index contributed by atoms with van der Waals surface area (Å²) in [5.41, 5.74) is 0.0805. The van der Waals surface area contributed by atoms with E-state index >= 15 is 0 Å². The van der Waals surface area contributed by atoms with Crippen LogP contribution in [0.25, 0.3) is 0 Å². The summed E-state index contributed by atoms with van der Waals surface area (Å²) in [5, 5.41) is 8.78. The zero-order valence-electron chi connectivity index (χ0n) is 9.67. The molecule has 18 heavy (non-hydrogen) atoms. The molecule has 0 atom stereocenters. The van der Waals surface area contributed by atoms with Gasteiger partial charge in [-0.1, -0.05) is 0 Å². The predicted octanol–water partition coefficient (Wildman–Crippen LogP) is 1.16. The van der Waals surface area contributed by atoms with E-state index in [0.29, 0.717) is 12.5 Å². The van der Waals surface area contributed by atoms with Gasteiger partial charge in [0.2, 0.25) is 0 Å². The van der Waals surface area contributed by atoms with Crippen LogP contribution in [0.4, 0.5) is 4.39 Å². The zero-order chi connectivity index (χ0) is 13.1. The van der Waals surface area contributed by atoms with Crippen molar-refractivity contribution in [1.82, 2.24) is 9.88 Å². The molecule has 0 saturated heterocycles. The molecule has 2 rings (SSSR count). The highest BCUT2D eigenvalue weighted by molar-refractivity contribution is 5.95. The molecule has 1 heterocycles. The maximum Gasteiger partial charge on any atom is 0.323 e. The summed E-state index contributed by atoms with van der Waals surface area (Å²) in [6, 6.07) is 1.07. The van der Waals surface area contributed by atoms with Gasteiger partial charge in [0.05, 0.1) is 11.8 Å². The number of carboxylic acids is 1. The van der Waals surface area contributed by atoms with E-state index < -0.39 is 17.7 Å². The number of aliphatic carboxylic acids is 1. The van der Waals surface area contributed by atoms with Crippen LogP contribution < -0.4 is 0 Å². The third-order valence-corrected chi connectivity index (χ3v) is 2.74. The average Bonchev–Trinajstić information content (AvgIpc) is 3.10. The minimum atomic E-state index is -1.08. The summed E-state index contributed by atoms with van der Waals surface area (Å²) in [6.07, 6.45) is 4.25. The van der Waals surface area contributed by atoms with E-state index in [1.807, 2.05) is 0 Å². The molecule has 6 heteroatoms. The van der Waals surface area contributed by atoms with Crippen LogP contribution >= 0.6 is 0 Å². The lowest BCUT2D eigenvalue weighted by Crippen LogP contribution is -2.37. The van der Waals surface area contributed by atoms with Gasteiger partial charge in [-0.3, -0.25) is 14.6 Å². The molecular weight excluding hydrogens is 239 g/mol. The molecular formula is C12H13FN2O3. The Morgan fingerprint density at radius 3 is 2.72 bits per heavy atom. The number of aromatic nitrogens is 1. The standard InChI is InChI=1S/C12H13FN2O3/c13-10-3-9(4-14-5-10)12(18)15(7-11(16)17)6-8-1-2-8/h3-5,8H,1-2,6-7H2,(H,16,17). The number of amides is 1. The summed E-state index contributed by atoms with van der Waals surface area (Å²) in [6.45, 7) is 0.0352. The van der Waals surface area contributed by atoms with Crippen molar-refractivity contribution < 1.29 is 19.1 Å². The minimum absolute atomic E-state index is 0.0805. The van der Waals surface area contributed by atoms with E-state index in [0.717, 1.165) is 25.1 Å². The van der Waals surface area contributed by atoms with Crippen molar-refractivity contribution in [2.24, 2.45) is 5.92 Å². The largest absolute Gasteiger partial charge is 0.480 e. The molecule has 0 unspecified atom stereocenters. The van der Waals surface area contributed by atoms with E-state index in [-0.39, 0.29) is 12.1 Å². The van der Waals surface area contributed by atoms with Gasteiger partial charge in [-0.25, -0.2) is 4.39 Å². The van der Waals surface area contributed by atoms with E-state index in [4.69, 9.17) is 5.11 Å². The first-order valence-corrected chi connectivity index (χ1v) is 5.68. The topological polar surface area (TPSA) is 70.5 Å². The molecule has 96 valence electrons. The number of nitrogens with zero attached hydrogens (tertiary/aromatic N) is 2. The van der Waals surface area contributed by atoms with Crippen LogP contribution in [0.2, 0.25) is 0 Å². The molecule has 1 aliphatic rings. The molecule has 1 N–H and O–H groups in total. The van der Waals surface area contributed by atoms with Crippen LogP contribution in [0.5, 0.6) is 0 Å². The Morgan fingerprint density at radius 2 is 2.17 bits per heavy atom. The molecule has 1 aromatic rings. The Hall–Kier alpha value is -1.98. The molecule has 1 aromatic heterocycles. The molecule has 1 fully saturated rings. The van der Waals surface area contributed by atoms with Gasteiger partial charge < -0.3 is 10.0 Å². The molecule has 0 aromatic carbocycles. The van der Waals surface area contributed by atoms with Crippen molar-refractivity contribution in [3.63, 3.8) is 0 Å². The van der Waals surface area contributed by atoms with E-state index in [1.54, 1.807) is 0 Å². The summed E-state index contributed by atoms with van der Waals surface area (Å²) >= 11 is 0. The number of carbonyl (C=O) groups excluding carboxylic acids is 1. The molecule has 1 saturated carbocycles. The van der Waals surface area contributed by atoms with Gasteiger partial charge in [-0.05, 0) is 24.8 Å². The third-order valence-electron chi connectivity index (χ3n) is 2.74. The first-order chi connectivity index (χ1) is 8.56. The Kier molecular flexibility index (Phi) is 3.55. The zero-order valence-corrected chi connectivity index (χ0v) is 9.67. The molecule has 0 aliphatic heterocycles. The second kappa shape index (κ2) is 5.12. The SMILES string of the molecule is O=C(O)CN(CC1CC1)C(=O)c1cncc(F)c1. The van der Waals surface area contributed by atoms with Crippen molar-refractivity contribution in [3.8, 4) is 0 Å². The smallest absolute Gasteiger partial charge is 0.323 e. The Balaban J connectivity index is 2.12. The van der Waals surface area contributed by atoms with Gasteiger partial charge in [0.25, 0.3) is 5.91 Å². The third kappa shape index (κ3) is 3.26. The van der Waals surface area contributed by atoms with Crippen LogP contribution in [0.15, 0.2) is 18.5 Å². The summed E-state index contributed by atoms with van der Waals surface area (Å²) in [4.78, 5) is 27.6. The Labute approximate surface area is 103 Å². The monoisotopic (exact) mass is 252 g/mol. The molecule has 1 amide bonds. The fourth-order valence-corrected chi connectivity index (χ4v) is 1.71. The highest BCUT2D eigenvalue weighted by Crippen LogP contribution is 2.30. The van der Waals surface area contributed by atoms with Crippen molar-refractivity contribution in [2.45, 2.75) is 12.8 Å². The lowest BCUT2D eigenvalue weighted by atomic mass is 10.2. The number of carbonyl (C=O) groups is 2. The average molecular weight is 252 g/mol. The van der Waals surface area contributed by atoms with Gasteiger partial charge in [-0.15, -0.1) is 0 Å². The van der Waals surface area contributed by atoms with Crippen molar-refractivity contribution in [2.75, 3.05) is 13.1 Å². The number of carboxylic acid groups (broad SMARTS) is 1. The number of hydrogen-bond acceptors (Lipinski definition) is 3. The van der Waals surface area contributed by atoms with Gasteiger partial charge in [0.1, 0.15) is 12.4 Å². The van der Waals surface area contributed by atoms with Crippen LogP contribution in [0.3, 0.4) is 0 Å². The molecule has 5 nitrogen and oxygen atoms in total. The number of rotatable bonds is 5. The first kappa shape index (κ1) is 12.5. The van der Waals surface area contributed by atoms with E-state index in [1.165, 1.54) is 11.1 Å². The Bertz CT molecular complexity index is 474. The molecule has 0 radical (unpaired) electrons. The highest BCUT2D eigenvalue weighted by atomic mass is 19.1. The van der Waals surface area contributed by atoms with Crippen molar-refractivity contribution in [3.05, 3.63) is 29.8 Å². The highest BCUT2D eigenvalue weighted by Gasteiger charge is 2.28. The van der Waals surface area contributed by atoms with Gasteiger partial charge in [0.15, 0.2) is 0 Å². The number of hydrogen-bond donors (Lipinski definition) is 1. The van der Waals surface area contributed by atoms with Crippen LogP contribution in [0, 0.1) is 11.7 Å². The van der Waals surface area contributed by atoms with Crippen molar-refractivity contribution >= 4 is 11.9 Å². The summed E-state index contributed by atoms with van der Waals surface area (Å²) < 4.78 is 13.0. The summed E-state index contributed by atoms with van der Waals surface area (Å²) in [7, 11) is 0. The predicted molar refractivity (Wildman–Crippen MR) is 60.5 cm³/mol. The normalized spacial score (nSPS) is 14.3. The second-order valence-electron chi connectivity index (χ2n) is 4.41. The first-order valence-electron chi connectivity index (χ1n) is 5.68. The lowest BCUT2D eigenvalue weighted by Gasteiger charge is -2.20. The fraction of sp³-hybridized carbons (Fsp3) is 0.417. The fourth-order valence-electron chi connectivity index (χ4n) is 1.71. The molecule has 0 bridgehead atoms. The number of pyridine rings is 1. The van der Waals surface area contributed by atoms with Gasteiger partial charge >= 0.3 is 5.97 Å². The van der Waals surface area contributed by atoms with Crippen LogP contribution in [-0.2, 0) is 4.79 Å². The van der Waals surface area contributed by atoms with Crippen LogP contribution in [-0.4, -0.2) is 40.0 Å². The van der Waals surface area contributed by atoms with E-state index in [9.17, 15) is 14.0 Å². The molecule has 1 aliphatic carbocycles. The van der Waals surface area contributed by atoms with Gasteiger partial charge in [0, 0.05) is 12.7 Å². The maximum atomic E-state index is 13.0. The maximum absolute atomic E-state index is 13.0. The quantitative estimate of drug-likeness (QED) is 0.853. The molecule has 0 spiro atoms.